The monoisotopic (exact) mass is 243 g/mol. The van der Waals surface area contributed by atoms with E-state index in [2.05, 4.69) is 0 Å². The van der Waals surface area contributed by atoms with Crippen LogP contribution in [0.15, 0.2) is 18.2 Å². The molecule has 0 aliphatic heterocycles. The van der Waals surface area contributed by atoms with E-state index < -0.39 is 18.0 Å². The number of hydrogen-bond donors (Lipinski definition) is 2. The summed E-state index contributed by atoms with van der Waals surface area (Å²) in [7, 11) is 0. The number of ether oxygens (including phenoxy) is 1. The van der Waals surface area contributed by atoms with E-state index in [1.165, 1.54) is 25.1 Å². The molecule has 0 aliphatic rings. The second-order valence-corrected chi connectivity index (χ2v) is 3.49. The van der Waals surface area contributed by atoms with E-state index in [1.807, 2.05) is 0 Å². The van der Waals surface area contributed by atoms with Gasteiger partial charge in [0.15, 0.2) is 6.10 Å². The lowest BCUT2D eigenvalue weighted by Gasteiger charge is -2.13. The van der Waals surface area contributed by atoms with Gasteiger partial charge in [-0.05, 0) is 19.1 Å². The number of amides is 1. The molecule has 1 rings (SSSR count). The number of benzene rings is 1. The van der Waals surface area contributed by atoms with Crippen LogP contribution in [-0.2, 0) is 4.79 Å². The van der Waals surface area contributed by atoms with Gasteiger partial charge in [-0.1, -0.05) is 17.7 Å². The fourth-order valence-electron chi connectivity index (χ4n) is 1.06. The number of carboxylic acid groups (broad SMARTS) is 1. The van der Waals surface area contributed by atoms with Gasteiger partial charge in [0.2, 0.25) is 0 Å². The van der Waals surface area contributed by atoms with Gasteiger partial charge in [-0.15, -0.1) is 0 Å². The lowest BCUT2D eigenvalue weighted by atomic mass is 10.2. The normalized spacial score (nSPS) is 11.9. The first-order valence-corrected chi connectivity index (χ1v) is 4.79. The van der Waals surface area contributed by atoms with Crippen molar-refractivity contribution in [2.45, 2.75) is 13.0 Å². The summed E-state index contributed by atoms with van der Waals surface area (Å²) in [5.41, 5.74) is 4.82. The summed E-state index contributed by atoms with van der Waals surface area (Å²) < 4.78 is 5.11. The molecule has 0 heterocycles. The fraction of sp³-hybridized carbons (Fsp3) is 0.200. The van der Waals surface area contributed by atoms with E-state index >= 15 is 0 Å². The molecule has 86 valence electrons. The molecule has 1 aromatic carbocycles. The number of carboxylic acids is 1. The lowest BCUT2D eigenvalue weighted by Crippen LogP contribution is -2.31. The smallest absolute Gasteiger partial charge is 0.341 e. The number of nitrogens with two attached hydrogens (primary N) is 1. The zero-order chi connectivity index (χ0) is 12.3. The third kappa shape index (κ3) is 2.64. The van der Waals surface area contributed by atoms with Gasteiger partial charge in [-0.3, -0.25) is 4.79 Å². The Labute approximate surface area is 96.8 Å². The molecule has 0 spiro atoms. The van der Waals surface area contributed by atoms with Crippen LogP contribution in [-0.4, -0.2) is 23.1 Å². The number of halogens is 1. The minimum absolute atomic E-state index is 0.0197. The maximum Gasteiger partial charge on any atom is 0.341 e. The van der Waals surface area contributed by atoms with Crippen molar-refractivity contribution in [2.24, 2.45) is 5.73 Å². The summed E-state index contributed by atoms with van der Waals surface area (Å²) >= 11 is 5.71. The van der Waals surface area contributed by atoms with Gasteiger partial charge >= 0.3 is 5.97 Å². The van der Waals surface area contributed by atoms with Crippen molar-refractivity contribution >= 4 is 23.5 Å². The highest BCUT2D eigenvalue weighted by atomic mass is 35.5. The number of primary amides is 1. The summed E-state index contributed by atoms with van der Waals surface area (Å²) in [5.74, 6) is -1.89. The van der Waals surface area contributed by atoms with Crippen LogP contribution in [0.25, 0.3) is 0 Å². The van der Waals surface area contributed by atoms with Crippen molar-refractivity contribution < 1.29 is 19.4 Å². The van der Waals surface area contributed by atoms with Gasteiger partial charge in [0.05, 0.1) is 5.02 Å². The number of carbonyl (C=O) groups is 2. The highest BCUT2D eigenvalue weighted by Gasteiger charge is 2.19. The van der Waals surface area contributed by atoms with Crippen molar-refractivity contribution in [2.75, 3.05) is 0 Å². The minimum atomic E-state index is -1.22. The zero-order valence-corrected chi connectivity index (χ0v) is 9.19. The Morgan fingerprint density at radius 1 is 1.50 bits per heavy atom. The topological polar surface area (TPSA) is 89.6 Å². The standard InChI is InChI=1S/C10H10ClNO4/c1-5(9(12)13)16-7-4-2-3-6(11)8(7)10(14)15/h2-5H,1H3,(H2,12,13)(H,14,15). The maximum absolute atomic E-state index is 10.9. The Morgan fingerprint density at radius 3 is 2.62 bits per heavy atom. The number of aromatic carboxylic acids is 1. The predicted octanol–water partition coefficient (Wildman–Crippen LogP) is 1.29. The summed E-state index contributed by atoms with van der Waals surface area (Å²) in [5, 5.41) is 8.96. The van der Waals surface area contributed by atoms with Gasteiger partial charge in [-0.2, -0.15) is 0 Å². The quantitative estimate of drug-likeness (QED) is 0.834. The van der Waals surface area contributed by atoms with Crippen molar-refractivity contribution in [3.05, 3.63) is 28.8 Å². The van der Waals surface area contributed by atoms with Crippen LogP contribution in [0.2, 0.25) is 5.02 Å². The second kappa shape index (κ2) is 4.85. The summed E-state index contributed by atoms with van der Waals surface area (Å²) in [4.78, 5) is 21.7. The first-order chi connectivity index (χ1) is 7.43. The van der Waals surface area contributed by atoms with Crippen LogP contribution in [0.1, 0.15) is 17.3 Å². The molecule has 0 fully saturated rings. The molecular formula is C10H10ClNO4. The highest BCUT2D eigenvalue weighted by Crippen LogP contribution is 2.27. The van der Waals surface area contributed by atoms with Crippen LogP contribution in [0.4, 0.5) is 0 Å². The molecule has 1 atom stereocenters. The van der Waals surface area contributed by atoms with Crippen molar-refractivity contribution in [1.82, 2.24) is 0 Å². The van der Waals surface area contributed by atoms with E-state index in [0.29, 0.717) is 0 Å². The lowest BCUT2D eigenvalue weighted by molar-refractivity contribution is -0.124. The van der Waals surface area contributed by atoms with Gasteiger partial charge in [-0.25, -0.2) is 4.79 Å². The Bertz CT molecular complexity index is 433. The van der Waals surface area contributed by atoms with E-state index in [0.717, 1.165) is 0 Å². The molecule has 3 N–H and O–H groups in total. The largest absolute Gasteiger partial charge is 0.480 e. The fourth-order valence-corrected chi connectivity index (χ4v) is 1.31. The molecule has 0 radical (unpaired) electrons. The Kier molecular flexibility index (Phi) is 3.73. The first-order valence-electron chi connectivity index (χ1n) is 4.41. The van der Waals surface area contributed by atoms with Gasteiger partial charge in [0, 0.05) is 0 Å². The molecule has 0 saturated heterocycles. The molecule has 16 heavy (non-hydrogen) atoms. The molecule has 0 aromatic heterocycles. The van der Waals surface area contributed by atoms with E-state index in [1.54, 1.807) is 0 Å². The van der Waals surface area contributed by atoms with Crippen molar-refractivity contribution in [1.29, 1.82) is 0 Å². The average molecular weight is 244 g/mol. The molecule has 0 bridgehead atoms. The van der Waals surface area contributed by atoms with Crippen LogP contribution >= 0.6 is 11.6 Å². The predicted molar refractivity (Wildman–Crippen MR) is 57.7 cm³/mol. The Hall–Kier alpha value is -1.75. The number of carbonyl (C=O) groups excluding carboxylic acids is 1. The highest BCUT2D eigenvalue weighted by molar-refractivity contribution is 6.33. The van der Waals surface area contributed by atoms with Gasteiger partial charge < -0.3 is 15.6 Å². The summed E-state index contributed by atoms with van der Waals surface area (Å²) in [6.07, 6.45) is -0.920. The van der Waals surface area contributed by atoms with Crippen molar-refractivity contribution in [3.8, 4) is 5.75 Å². The van der Waals surface area contributed by atoms with Gasteiger partial charge in [0.25, 0.3) is 5.91 Å². The first kappa shape index (κ1) is 12.3. The minimum Gasteiger partial charge on any atom is -0.480 e. The van der Waals surface area contributed by atoms with Crippen molar-refractivity contribution in [3.63, 3.8) is 0 Å². The number of rotatable bonds is 4. The Morgan fingerprint density at radius 2 is 2.12 bits per heavy atom. The van der Waals surface area contributed by atoms with Crippen LogP contribution < -0.4 is 10.5 Å². The SMILES string of the molecule is CC(Oc1cccc(Cl)c1C(=O)O)C(N)=O. The van der Waals surface area contributed by atoms with E-state index in [4.69, 9.17) is 27.2 Å². The van der Waals surface area contributed by atoms with Crippen LogP contribution in [0, 0.1) is 0 Å². The molecule has 1 amide bonds. The summed E-state index contributed by atoms with van der Waals surface area (Å²) in [6, 6.07) is 4.36. The molecule has 5 nitrogen and oxygen atoms in total. The maximum atomic E-state index is 10.9. The molecule has 0 aliphatic carbocycles. The molecule has 6 heteroatoms. The van der Waals surface area contributed by atoms with Crippen LogP contribution in [0.3, 0.4) is 0 Å². The number of hydrogen-bond acceptors (Lipinski definition) is 3. The van der Waals surface area contributed by atoms with Crippen LogP contribution in [0.5, 0.6) is 5.75 Å². The molecule has 1 unspecified atom stereocenters. The summed E-state index contributed by atoms with van der Waals surface area (Å²) in [6.45, 7) is 1.43. The molecule has 0 saturated carbocycles. The third-order valence-electron chi connectivity index (χ3n) is 1.89. The third-order valence-corrected chi connectivity index (χ3v) is 2.21. The van der Waals surface area contributed by atoms with Gasteiger partial charge in [0.1, 0.15) is 11.3 Å². The zero-order valence-electron chi connectivity index (χ0n) is 8.44. The Balaban J connectivity index is 3.09. The van der Waals surface area contributed by atoms with E-state index in [-0.39, 0.29) is 16.3 Å². The molecular weight excluding hydrogens is 234 g/mol. The second-order valence-electron chi connectivity index (χ2n) is 3.08. The molecule has 1 aromatic rings. The van der Waals surface area contributed by atoms with E-state index in [9.17, 15) is 9.59 Å². The average Bonchev–Trinajstić information content (AvgIpc) is 2.16.